The van der Waals surface area contributed by atoms with Crippen molar-refractivity contribution in [1.82, 2.24) is 4.90 Å². The Morgan fingerprint density at radius 3 is 3.12 bits per heavy atom. The molecule has 1 aromatic rings. The summed E-state index contributed by atoms with van der Waals surface area (Å²) in [7, 11) is 2.20. The van der Waals surface area contributed by atoms with Gasteiger partial charge >= 0.3 is 0 Å². The number of hydrogen-bond acceptors (Lipinski definition) is 2. The van der Waals surface area contributed by atoms with Gasteiger partial charge in [0, 0.05) is 17.5 Å². The van der Waals surface area contributed by atoms with Crippen molar-refractivity contribution in [3.63, 3.8) is 0 Å². The SMILES string of the molecule is CN1CCC2(c3cccc(C=O)c3)CC2C1. The average molecular weight is 215 g/mol. The van der Waals surface area contributed by atoms with E-state index in [4.69, 9.17) is 0 Å². The Balaban J connectivity index is 1.90. The summed E-state index contributed by atoms with van der Waals surface area (Å²) in [6.07, 6.45) is 3.50. The van der Waals surface area contributed by atoms with Gasteiger partial charge in [0.25, 0.3) is 0 Å². The van der Waals surface area contributed by atoms with Crippen LogP contribution in [-0.2, 0) is 5.41 Å². The van der Waals surface area contributed by atoms with Crippen molar-refractivity contribution in [3.8, 4) is 0 Å². The van der Waals surface area contributed by atoms with E-state index in [9.17, 15) is 4.79 Å². The van der Waals surface area contributed by atoms with Crippen LogP contribution >= 0.6 is 0 Å². The molecule has 2 atom stereocenters. The summed E-state index contributed by atoms with van der Waals surface area (Å²) in [4.78, 5) is 13.2. The van der Waals surface area contributed by atoms with Gasteiger partial charge in [-0.2, -0.15) is 0 Å². The molecule has 1 aliphatic carbocycles. The number of carbonyl (C=O) groups is 1. The molecule has 2 heteroatoms. The van der Waals surface area contributed by atoms with E-state index in [1.54, 1.807) is 0 Å². The fraction of sp³-hybridized carbons (Fsp3) is 0.500. The molecule has 0 N–H and O–H groups in total. The van der Waals surface area contributed by atoms with Crippen LogP contribution in [0.3, 0.4) is 0 Å². The van der Waals surface area contributed by atoms with Crippen LogP contribution in [0, 0.1) is 5.92 Å². The Hall–Kier alpha value is -1.15. The lowest BCUT2D eigenvalue weighted by Gasteiger charge is -2.29. The van der Waals surface area contributed by atoms with Crippen LogP contribution in [0.15, 0.2) is 24.3 Å². The molecule has 84 valence electrons. The van der Waals surface area contributed by atoms with E-state index in [0.717, 1.165) is 17.8 Å². The molecule has 1 saturated heterocycles. The maximum absolute atomic E-state index is 10.8. The number of benzene rings is 1. The molecule has 0 bridgehead atoms. The third-order valence-corrected chi connectivity index (χ3v) is 4.30. The van der Waals surface area contributed by atoms with Gasteiger partial charge < -0.3 is 4.90 Å². The lowest BCUT2D eigenvalue weighted by molar-refractivity contribution is 0.112. The lowest BCUT2D eigenvalue weighted by Crippen LogP contribution is -2.33. The van der Waals surface area contributed by atoms with Crippen LogP contribution in [0.5, 0.6) is 0 Å². The van der Waals surface area contributed by atoms with E-state index in [1.807, 2.05) is 12.1 Å². The number of rotatable bonds is 2. The van der Waals surface area contributed by atoms with E-state index in [1.165, 1.54) is 31.5 Å². The maximum atomic E-state index is 10.8. The van der Waals surface area contributed by atoms with Gasteiger partial charge in [0.05, 0.1) is 0 Å². The first-order chi connectivity index (χ1) is 7.74. The molecule has 2 unspecified atom stereocenters. The van der Waals surface area contributed by atoms with Crippen LogP contribution in [0.1, 0.15) is 28.8 Å². The largest absolute Gasteiger partial charge is 0.306 e. The van der Waals surface area contributed by atoms with Gasteiger partial charge in [0.1, 0.15) is 6.29 Å². The first kappa shape index (κ1) is 10.0. The summed E-state index contributed by atoms with van der Waals surface area (Å²) in [5.41, 5.74) is 2.61. The fourth-order valence-corrected chi connectivity index (χ4v) is 3.20. The predicted octanol–water partition coefficient (Wildman–Crippen LogP) is 2.09. The molecular weight excluding hydrogens is 198 g/mol. The quantitative estimate of drug-likeness (QED) is 0.704. The van der Waals surface area contributed by atoms with Crippen molar-refractivity contribution in [2.75, 3.05) is 20.1 Å². The second-order valence-corrected chi connectivity index (χ2v) is 5.31. The molecule has 1 saturated carbocycles. The highest BCUT2D eigenvalue weighted by Gasteiger charge is 2.56. The monoisotopic (exact) mass is 215 g/mol. The van der Waals surface area contributed by atoms with Crippen LogP contribution in [0.4, 0.5) is 0 Å². The molecule has 16 heavy (non-hydrogen) atoms. The standard InChI is InChI=1S/C14H17NO/c1-15-6-5-14(8-13(14)9-15)12-4-2-3-11(7-12)10-16/h2-4,7,10,13H,5-6,8-9H2,1H3. The number of piperidine rings is 1. The molecule has 0 aromatic heterocycles. The second kappa shape index (κ2) is 3.42. The van der Waals surface area contributed by atoms with Crippen LogP contribution in [-0.4, -0.2) is 31.3 Å². The second-order valence-electron chi connectivity index (χ2n) is 5.31. The Bertz CT molecular complexity index is 428. The summed E-state index contributed by atoms with van der Waals surface area (Å²) < 4.78 is 0. The van der Waals surface area contributed by atoms with E-state index >= 15 is 0 Å². The van der Waals surface area contributed by atoms with Crippen LogP contribution < -0.4 is 0 Å². The lowest BCUT2D eigenvalue weighted by atomic mass is 9.86. The number of likely N-dealkylation sites (tertiary alicyclic amines) is 1. The summed E-state index contributed by atoms with van der Waals surface area (Å²) in [6, 6.07) is 8.18. The maximum Gasteiger partial charge on any atom is 0.150 e. The Morgan fingerprint density at radius 2 is 2.38 bits per heavy atom. The highest BCUT2D eigenvalue weighted by molar-refractivity contribution is 5.75. The Morgan fingerprint density at radius 1 is 1.50 bits per heavy atom. The smallest absolute Gasteiger partial charge is 0.150 e. The number of carbonyl (C=O) groups excluding carboxylic acids is 1. The summed E-state index contributed by atoms with van der Waals surface area (Å²) in [5.74, 6) is 0.813. The fourth-order valence-electron chi connectivity index (χ4n) is 3.20. The van der Waals surface area contributed by atoms with Gasteiger partial charge in [0.2, 0.25) is 0 Å². The summed E-state index contributed by atoms with van der Waals surface area (Å²) in [6.45, 7) is 2.40. The highest BCUT2D eigenvalue weighted by atomic mass is 16.1. The molecule has 1 aromatic carbocycles. The van der Waals surface area contributed by atoms with Gasteiger partial charge in [-0.05, 0) is 44.0 Å². The van der Waals surface area contributed by atoms with E-state index < -0.39 is 0 Å². The van der Waals surface area contributed by atoms with Gasteiger partial charge in [-0.25, -0.2) is 0 Å². The van der Waals surface area contributed by atoms with Gasteiger partial charge in [-0.15, -0.1) is 0 Å². The van der Waals surface area contributed by atoms with Crippen molar-refractivity contribution < 1.29 is 4.79 Å². The zero-order valence-electron chi connectivity index (χ0n) is 9.65. The molecule has 0 spiro atoms. The minimum atomic E-state index is 0.408. The van der Waals surface area contributed by atoms with E-state index in [0.29, 0.717) is 5.41 Å². The van der Waals surface area contributed by atoms with Crippen molar-refractivity contribution in [3.05, 3.63) is 35.4 Å². The van der Waals surface area contributed by atoms with Crippen LogP contribution in [0.25, 0.3) is 0 Å². The number of aldehydes is 1. The zero-order valence-corrected chi connectivity index (χ0v) is 9.65. The van der Waals surface area contributed by atoms with Gasteiger partial charge in [0.15, 0.2) is 0 Å². The topological polar surface area (TPSA) is 20.3 Å². The van der Waals surface area contributed by atoms with Crippen molar-refractivity contribution in [2.24, 2.45) is 5.92 Å². The number of hydrogen-bond donors (Lipinski definition) is 0. The zero-order chi connectivity index (χ0) is 11.2. The number of nitrogens with zero attached hydrogens (tertiary/aromatic N) is 1. The summed E-state index contributed by atoms with van der Waals surface area (Å²) in [5, 5.41) is 0. The summed E-state index contributed by atoms with van der Waals surface area (Å²) >= 11 is 0. The third-order valence-electron chi connectivity index (χ3n) is 4.30. The average Bonchev–Trinajstić information content (AvgIpc) is 3.04. The first-order valence-corrected chi connectivity index (χ1v) is 5.99. The molecular formula is C14H17NO. The Labute approximate surface area is 96.3 Å². The first-order valence-electron chi connectivity index (χ1n) is 5.99. The number of fused-ring (bicyclic) bond motifs is 1. The molecule has 1 aliphatic heterocycles. The molecule has 0 radical (unpaired) electrons. The minimum Gasteiger partial charge on any atom is -0.306 e. The van der Waals surface area contributed by atoms with Crippen molar-refractivity contribution in [1.29, 1.82) is 0 Å². The molecule has 2 fully saturated rings. The molecule has 2 nitrogen and oxygen atoms in total. The van der Waals surface area contributed by atoms with Crippen molar-refractivity contribution in [2.45, 2.75) is 18.3 Å². The predicted molar refractivity (Wildman–Crippen MR) is 63.7 cm³/mol. The normalized spacial score (nSPS) is 33.2. The molecule has 3 rings (SSSR count). The molecule has 1 heterocycles. The minimum absolute atomic E-state index is 0.408. The molecule has 0 amide bonds. The van der Waals surface area contributed by atoms with Crippen molar-refractivity contribution >= 4 is 6.29 Å². The Kier molecular flexibility index (Phi) is 2.15. The highest BCUT2D eigenvalue weighted by Crippen LogP contribution is 2.58. The molecule has 2 aliphatic rings. The third kappa shape index (κ3) is 1.40. The van der Waals surface area contributed by atoms with E-state index in [-0.39, 0.29) is 0 Å². The van der Waals surface area contributed by atoms with E-state index in [2.05, 4.69) is 24.1 Å². The van der Waals surface area contributed by atoms with Gasteiger partial charge in [-0.3, -0.25) is 4.79 Å². The van der Waals surface area contributed by atoms with Gasteiger partial charge in [-0.1, -0.05) is 18.2 Å². The van der Waals surface area contributed by atoms with Crippen LogP contribution in [0.2, 0.25) is 0 Å².